The third-order valence-electron chi connectivity index (χ3n) is 2.64. The average Bonchev–Trinajstić information content (AvgIpc) is 2.48. The normalized spacial score (nSPS) is 9.95. The van der Waals surface area contributed by atoms with Gasteiger partial charge in [0.05, 0.1) is 16.7 Å². The lowest BCUT2D eigenvalue weighted by Gasteiger charge is -2.10. The van der Waals surface area contributed by atoms with E-state index in [9.17, 15) is 14.9 Å². The summed E-state index contributed by atoms with van der Waals surface area (Å²) >= 11 is 0. The van der Waals surface area contributed by atoms with Crippen LogP contribution in [0.1, 0.15) is 17.3 Å². The van der Waals surface area contributed by atoms with Crippen molar-refractivity contribution < 1.29 is 9.72 Å². The van der Waals surface area contributed by atoms with E-state index in [1.54, 1.807) is 6.92 Å². The predicted molar refractivity (Wildman–Crippen MR) is 77.2 cm³/mol. The summed E-state index contributed by atoms with van der Waals surface area (Å²) in [6.07, 6.45) is 4.31. The van der Waals surface area contributed by atoms with Crippen molar-refractivity contribution in [1.29, 1.82) is 0 Å². The highest BCUT2D eigenvalue weighted by Gasteiger charge is 2.21. The van der Waals surface area contributed by atoms with Gasteiger partial charge in [0.1, 0.15) is 5.69 Å². The minimum atomic E-state index is -0.531. The molecule has 21 heavy (non-hydrogen) atoms. The van der Waals surface area contributed by atoms with Crippen molar-refractivity contribution in [2.24, 2.45) is 0 Å². The summed E-state index contributed by atoms with van der Waals surface area (Å²) < 4.78 is 0. The highest BCUT2D eigenvalue weighted by Crippen LogP contribution is 2.28. The second-order valence-corrected chi connectivity index (χ2v) is 4.03. The molecule has 0 saturated heterocycles. The minimum absolute atomic E-state index is 0.149. The first kappa shape index (κ1) is 14.4. The van der Waals surface area contributed by atoms with E-state index in [0.717, 1.165) is 0 Å². The third-order valence-corrected chi connectivity index (χ3v) is 2.64. The van der Waals surface area contributed by atoms with E-state index in [1.165, 1.54) is 36.8 Å². The lowest BCUT2D eigenvalue weighted by molar-refractivity contribution is -0.384. The van der Waals surface area contributed by atoms with Gasteiger partial charge in [-0.05, 0) is 13.0 Å². The zero-order valence-corrected chi connectivity index (χ0v) is 11.2. The van der Waals surface area contributed by atoms with Crippen molar-refractivity contribution in [2.75, 3.05) is 17.2 Å². The maximum atomic E-state index is 12.2. The molecule has 2 rings (SSSR count). The molecule has 0 fully saturated rings. The molecule has 1 heterocycles. The number of nitro benzene ring substituents is 1. The first-order chi connectivity index (χ1) is 10.1. The fourth-order valence-electron chi connectivity index (χ4n) is 1.79. The van der Waals surface area contributed by atoms with Gasteiger partial charge in [0.15, 0.2) is 5.82 Å². The van der Waals surface area contributed by atoms with Gasteiger partial charge in [-0.25, -0.2) is 4.98 Å². The van der Waals surface area contributed by atoms with Gasteiger partial charge in [0, 0.05) is 25.0 Å². The van der Waals surface area contributed by atoms with Crippen LogP contribution in [0, 0.1) is 10.1 Å². The van der Waals surface area contributed by atoms with E-state index in [2.05, 4.69) is 20.6 Å². The van der Waals surface area contributed by atoms with Gasteiger partial charge in [0.2, 0.25) is 0 Å². The summed E-state index contributed by atoms with van der Waals surface area (Å²) in [7, 11) is 0. The number of nitrogens with one attached hydrogen (secondary N) is 2. The second kappa shape index (κ2) is 6.42. The van der Waals surface area contributed by atoms with Crippen molar-refractivity contribution >= 4 is 23.1 Å². The average molecular weight is 287 g/mol. The van der Waals surface area contributed by atoms with E-state index in [1.807, 2.05) is 0 Å². The number of rotatable bonds is 5. The van der Waals surface area contributed by atoms with E-state index in [-0.39, 0.29) is 22.8 Å². The third kappa shape index (κ3) is 3.30. The van der Waals surface area contributed by atoms with Crippen molar-refractivity contribution in [3.63, 3.8) is 0 Å². The number of para-hydroxylation sites is 1. The molecular formula is C13H13N5O3. The standard InChI is InChI=1S/C13H13N5O3/c1-2-15-12-9(4-3-5-10(12)18(20)21)13(19)17-11-8-14-6-7-16-11/h3-8,15H,2H2,1H3,(H,16,17,19). The number of carbonyl (C=O) groups excluding carboxylic acids is 1. The molecule has 0 radical (unpaired) electrons. The van der Waals surface area contributed by atoms with Crippen LogP contribution in [0.25, 0.3) is 0 Å². The summed E-state index contributed by atoms with van der Waals surface area (Å²) in [5.41, 5.74) is 0.215. The smallest absolute Gasteiger partial charge is 0.293 e. The van der Waals surface area contributed by atoms with Crippen molar-refractivity contribution in [3.8, 4) is 0 Å². The largest absolute Gasteiger partial charge is 0.379 e. The molecule has 0 aliphatic heterocycles. The van der Waals surface area contributed by atoms with Crippen molar-refractivity contribution in [2.45, 2.75) is 6.92 Å². The molecule has 108 valence electrons. The van der Waals surface area contributed by atoms with E-state index >= 15 is 0 Å². The number of hydrogen-bond acceptors (Lipinski definition) is 6. The topological polar surface area (TPSA) is 110 Å². The Hall–Kier alpha value is -3.03. The van der Waals surface area contributed by atoms with Crippen LogP contribution in [0.15, 0.2) is 36.8 Å². The van der Waals surface area contributed by atoms with Crippen LogP contribution in [0.4, 0.5) is 17.2 Å². The van der Waals surface area contributed by atoms with Crippen LogP contribution in [-0.2, 0) is 0 Å². The number of nitrogens with zero attached hydrogens (tertiary/aromatic N) is 3. The van der Waals surface area contributed by atoms with E-state index in [0.29, 0.717) is 6.54 Å². The number of anilines is 2. The number of hydrogen-bond donors (Lipinski definition) is 2. The molecule has 2 aromatic rings. The van der Waals surface area contributed by atoms with Crippen LogP contribution in [0.3, 0.4) is 0 Å². The molecular weight excluding hydrogens is 274 g/mol. The lowest BCUT2D eigenvalue weighted by atomic mass is 10.1. The number of amides is 1. The Kier molecular flexibility index (Phi) is 4.39. The van der Waals surface area contributed by atoms with E-state index in [4.69, 9.17) is 0 Å². The molecule has 8 heteroatoms. The molecule has 0 saturated carbocycles. The zero-order chi connectivity index (χ0) is 15.2. The summed E-state index contributed by atoms with van der Waals surface area (Å²) in [5, 5.41) is 16.4. The van der Waals surface area contributed by atoms with Crippen LogP contribution in [0.2, 0.25) is 0 Å². The zero-order valence-electron chi connectivity index (χ0n) is 11.2. The number of nitro groups is 1. The minimum Gasteiger partial charge on any atom is -0.379 e. The maximum Gasteiger partial charge on any atom is 0.293 e. The van der Waals surface area contributed by atoms with Crippen molar-refractivity contribution in [3.05, 3.63) is 52.5 Å². The highest BCUT2D eigenvalue weighted by atomic mass is 16.6. The van der Waals surface area contributed by atoms with Crippen molar-refractivity contribution in [1.82, 2.24) is 9.97 Å². The van der Waals surface area contributed by atoms with Crippen LogP contribution in [0.5, 0.6) is 0 Å². The molecule has 1 aromatic carbocycles. The molecule has 0 spiro atoms. The summed E-state index contributed by atoms with van der Waals surface area (Å²) in [4.78, 5) is 30.5. The Labute approximate surface area is 120 Å². The first-order valence-electron chi connectivity index (χ1n) is 6.22. The summed E-state index contributed by atoms with van der Waals surface area (Å²) in [6, 6.07) is 4.32. The van der Waals surface area contributed by atoms with Gasteiger partial charge in [-0.3, -0.25) is 19.9 Å². The van der Waals surface area contributed by atoms with Gasteiger partial charge in [-0.15, -0.1) is 0 Å². The Morgan fingerprint density at radius 2 is 2.19 bits per heavy atom. The highest BCUT2D eigenvalue weighted by molar-refractivity contribution is 6.08. The van der Waals surface area contributed by atoms with E-state index < -0.39 is 10.8 Å². The van der Waals surface area contributed by atoms with Crippen LogP contribution >= 0.6 is 0 Å². The number of aromatic nitrogens is 2. The van der Waals surface area contributed by atoms with Crippen LogP contribution in [-0.4, -0.2) is 27.3 Å². The maximum absolute atomic E-state index is 12.2. The Bertz CT molecular complexity index is 660. The molecule has 0 aliphatic rings. The Balaban J connectivity index is 2.36. The van der Waals surface area contributed by atoms with Crippen LogP contribution < -0.4 is 10.6 Å². The van der Waals surface area contributed by atoms with Gasteiger partial charge >= 0.3 is 0 Å². The van der Waals surface area contributed by atoms with Gasteiger partial charge < -0.3 is 10.6 Å². The molecule has 1 aromatic heterocycles. The molecule has 8 nitrogen and oxygen atoms in total. The number of benzene rings is 1. The molecule has 1 amide bonds. The second-order valence-electron chi connectivity index (χ2n) is 4.03. The van der Waals surface area contributed by atoms with Gasteiger partial charge in [-0.2, -0.15) is 0 Å². The quantitative estimate of drug-likeness (QED) is 0.643. The summed E-state index contributed by atoms with van der Waals surface area (Å²) in [5.74, 6) is -0.216. The Morgan fingerprint density at radius 3 is 2.81 bits per heavy atom. The van der Waals surface area contributed by atoms with Gasteiger partial charge in [-0.1, -0.05) is 6.07 Å². The fraction of sp³-hybridized carbons (Fsp3) is 0.154. The lowest BCUT2D eigenvalue weighted by Crippen LogP contribution is -2.16. The Morgan fingerprint density at radius 1 is 1.38 bits per heavy atom. The van der Waals surface area contributed by atoms with Gasteiger partial charge in [0.25, 0.3) is 11.6 Å². The summed E-state index contributed by atoms with van der Waals surface area (Å²) in [6.45, 7) is 2.25. The SMILES string of the molecule is CCNc1c(C(=O)Nc2cnccn2)cccc1[N+](=O)[O-]. The molecule has 0 unspecified atom stereocenters. The molecule has 0 aliphatic carbocycles. The predicted octanol–water partition coefficient (Wildman–Crippen LogP) is 2.07. The molecule has 0 atom stereocenters. The molecule has 0 bridgehead atoms. The monoisotopic (exact) mass is 287 g/mol. The number of carbonyl (C=O) groups is 1. The fourth-order valence-corrected chi connectivity index (χ4v) is 1.79. The first-order valence-corrected chi connectivity index (χ1v) is 6.22. The molecule has 2 N–H and O–H groups in total.